The zero-order valence-electron chi connectivity index (χ0n) is 12.0. The van der Waals surface area contributed by atoms with Gasteiger partial charge in [0.1, 0.15) is 11.3 Å². The van der Waals surface area contributed by atoms with Crippen LogP contribution in [0.3, 0.4) is 0 Å². The number of benzene rings is 1. The Morgan fingerprint density at radius 1 is 1.33 bits per heavy atom. The standard InChI is InChI=1S/C16H20N4O/c17-15(21)12-5-2-6-13-14(12)19-16(18-13)10-7-8-20(9-10)11-3-1-4-11/h2,5-6,10-11H,1,3-4,7-9H2,(H2,17,21)(H,18,19)/t10-/m0/s1. The third kappa shape index (κ3) is 2.12. The van der Waals surface area contributed by atoms with E-state index in [1.165, 1.54) is 19.3 Å². The lowest BCUT2D eigenvalue weighted by atomic mass is 9.92. The van der Waals surface area contributed by atoms with Crippen LogP contribution in [0.1, 0.15) is 47.8 Å². The lowest BCUT2D eigenvalue weighted by molar-refractivity contribution is 0.100. The minimum Gasteiger partial charge on any atom is -0.366 e. The molecule has 3 N–H and O–H groups in total. The van der Waals surface area contributed by atoms with Gasteiger partial charge in [0.15, 0.2) is 0 Å². The first-order chi connectivity index (χ1) is 10.2. The number of carbonyl (C=O) groups is 1. The van der Waals surface area contributed by atoms with E-state index in [4.69, 9.17) is 5.73 Å². The lowest BCUT2D eigenvalue weighted by Gasteiger charge is -2.34. The highest BCUT2D eigenvalue weighted by Crippen LogP contribution is 2.33. The number of nitrogens with two attached hydrogens (primary N) is 1. The Bertz CT molecular complexity index is 689. The molecule has 2 heterocycles. The summed E-state index contributed by atoms with van der Waals surface area (Å²) in [7, 11) is 0. The zero-order chi connectivity index (χ0) is 14.4. The van der Waals surface area contributed by atoms with E-state index in [0.29, 0.717) is 17.0 Å². The number of amides is 1. The number of para-hydroxylation sites is 1. The summed E-state index contributed by atoms with van der Waals surface area (Å²) in [5.41, 5.74) is 7.55. The summed E-state index contributed by atoms with van der Waals surface area (Å²) in [5.74, 6) is 1.03. The van der Waals surface area contributed by atoms with E-state index in [1.807, 2.05) is 12.1 Å². The van der Waals surface area contributed by atoms with Crippen molar-refractivity contribution < 1.29 is 4.79 Å². The van der Waals surface area contributed by atoms with Gasteiger partial charge in [0, 0.05) is 18.5 Å². The van der Waals surface area contributed by atoms with Crippen LogP contribution in [0.4, 0.5) is 0 Å². The van der Waals surface area contributed by atoms with Crippen molar-refractivity contribution in [3.8, 4) is 0 Å². The molecule has 0 bridgehead atoms. The fraction of sp³-hybridized carbons (Fsp3) is 0.500. The van der Waals surface area contributed by atoms with Gasteiger partial charge in [-0.3, -0.25) is 9.69 Å². The molecular weight excluding hydrogens is 264 g/mol. The second-order valence-electron chi connectivity index (χ2n) is 6.25. The van der Waals surface area contributed by atoms with Gasteiger partial charge in [-0.2, -0.15) is 0 Å². The number of aromatic amines is 1. The number of aromatic nitrogens is 2. The van der Waals surface area contributed by atoms with Crippen molar-refractivity contribution in [2.75, 3.05) is 13.1 Å². The highest BCUT2D eigenvalue weighted by Gasteiger charge is 2.33. The number of primary amides is 1. The minimum absolute atomic E-state index is 0.416. The monoisotopic (exact) mass is 284 g/mol. The van der Waals surface area contributed by atoms with Crippen LogP contribution in [0.15, 0.2) is 18.2 Å². The third-order valence-electron chi connectivity index (χ3n) is 4.99. The number of H-pyrrole nitrogens is 1. The van der Waals surface area contributed by atoms with Crippen molar-refractivity contribution in [1.82, 2.24) is 14.9 Å². The quantitative estimate of drug-likeness (QED) is 0.905. The molecule has 110 valence electrons. The molecule has 5 heteroatoms. The van der Waals surface area contributed by atoms with Gasteiger partial charge in [-0.05, 0) is 37.9 Å². The number of likely N-dealkylation sites (tertiary alicyclic amines) is 1. The molecule has 1 aromatic carbocycles. The van der Waals surface area contributed by atoms with Crippen LogP contribution >= 0.6 is 0 Å². The fourth-order valence-corrected chi connectivity index (χ4v) is 3.54. The Hall–Kier alpha value is -1.88. The van der Waals surface area contributed by atoms with E-state index < -0.39 is 5.91 Å². The maximum Gasteiger partial charge on any atom is 0.250 e. The number of hydrogen-bond donors (Lipinski definition) is 2. The van der Waals surface area contributed by atoms with E-state index in [-0.39, 0.29) is 0 Å². The third-order valence-corrected chi connectivity index (χ3v) is 4.99. The van der Waals surface area contributed by atoms with Crippen LogP contribution in [-0.4, -0.2) is 39.9 Å². The molecule has 2 aliphatic rings. The summed E-state index contributed by atoms with van der Waals surface area (Å²) in [4.78, 5) is 22.1. The van der Waals surface area contributed by atoms with Gasteiger partial charge in [-0.15, -0.1) is 0 Å². The van der Waals surface area contributed by atoms with Crippen molar-refractivity contribution in [1.29, 1.82) is 0 Å². The van der Waals surface area contributed by atoms with Crippen molar-refractivity contribution in [3.63, 3.8) is 0 Å². The maximum absolute atomic E-state index is 11.5. The van der Waals surface area contributed by atoms with Crippen molar-refractivity contribution >= 4 is 16.9 Å². The largest absolute Gasteiger partial charge is 0.366 e. The van der Waals surface area contributed by atoms with Crippen molar-refractivity contribution in [3.05, 3.63) is 29.6 Å². The molecule has 21 heavy (non-hydrogen) atoms. The number of rotatable bonds is 3. The van der Waals surface area contributed by atoms with E-state index in [2.05, 4.69) is 14.9 Å². The number of fused-ring (bicyclic) bond motifs is 1. The molecule has 1 saturated heterocycles. The van der Waals surface area contributed by atoms with Crippen LogP contribution in [0.5, 0.6) is 0 Å². The van der Waals surface area contributed by atoms with E-state index in [1.54, 1.807) is 6.07 Å². The highest BCUT2D eigenvalue weighted by atomic mass is 16.1. The average molecular weight is 284 g/mol. The molecule has 1 aliphatic heterocycles. The van der Waals surface area contributed by atoms with Gasteiger partial charge in [0.2, 0.25) is 0 Å². The molecule has 1 aromatic heterocycles. The van der Waals surface area contributed by atoms with Gasteiger partial charge in [0.25, 0.3) is 5.91 Å². The van der Waals surface area contributed by atoms with E-state index in [0.717, 1.165) is 36.9 Å². The summed E-state index contributed by atoms with van der Waals surface area (Å²) < 4.78 is 0. The second kappa shape index (κ2) is 4.84. The number of imidazole rings is 1. The first kappa shape index (κ1) is 12.8. The number of nitrogens with one attached hydrogen (secondary N) is 1. The van der Waals surface area contributed by atoms with Crippen LogP contribution in [0.2, 0.25) is 0 Å². The Kier molecular flexibility index (Phi) is 2.96. The predicted molar refractivity (Wildman–Crippen MR) is 81.2 cm³/mol. The first-order valence-corrected chi connectivity index (χ1v) is 7.75. The maximum atomic E-state index is 11.5. The molecule has 0 unspecified atom stereocenters. The normalized spacial score (nSPS) is 23.5. The molecule has 4 rings (SSSR count). The minimum atomic E-state index is -0.416. The van der Waals surface area contributed by atoms with E-state index >= 15 is 0 Å². The molecule has 0 spiro atoms. The van der Waals surface area contributed by atoms with Crippen LogP contribution in [-0.2, 0) is 0 Å². The second-order valence-corrected chi connectivity index (χ2v) is 6.25. The molecule has 1 saturated carbocycles. The molecule has 5 nitrogen and oxygen atoms in total. The van der Waals surface area contributed by atoms with Gasteiger partial charge < -0.3 is 10.7 Å². The van der Waals surface area contributed by atoms with Gasteiger partial charge in [0.05, 0.1) is 11.1 Å². The Labute approximate surface area is 123 Å². The Morgan fingerprint density at radius 3 is 2.90 bits per heavy atom. The zero-order valence-corrected chi connectivity index (χ0v) is 12.0. The molecule has 1 amide bonds. The molecular formula is C16H20N4O. The van der Waals surface area contributed by atoms with E-state index in [9.17, 15) is 4.79 Å². The molecule has 2 fully saturated rings. The van der Waals surface area contributed by atoms with Gasteiger partial charge in [-0.25, -0.2) is 4.98 Å². The highest BCUT2D eigenvalue weighted by molar-refractivity contribution is 6.04. The number of hydrogen-bond acceptors (Lipinski definition) is 3. The molecule has 1 atom stereocenters. The summed E-state index contributed by atoms with van der Waals surface area (Å²) >= 11 is 0. The first-order valence-electron chi connectivity index (χ1n) is 7.75. The summed E-state index contributed by atoms with van der Waals surface area (Å²) in [6, 6.07) is 6.34. The summed E-state index contributed by atoms with van der Waals surface area (Å²) in [6.45, 7) is 2.24. The van der Waals surface area contributed by atoms with Crippen LogP contribution in [0, 0.1) is 0 Å². The Balaban J connectivity index is 1.62. The Morgan fingerprint density at radius 2 is 2.19 bits per heavy atom. The van der Waals surface area contributed by atoms with Crippen LogP contribution < -0.4 is 5.73 Å². The number of nitrogens with zero attached hydrogens (tertiary/aromatic N) is 2. The lowest BCUT2D eigenvalue weighted by Crippen LogP contribution is -2.38. The smallest absolute Gasteiger partial charge is 0.250 e. The molecule has 0 radical (unpaired) electrons. The molecule has 2 aromatic rings. The van der Waals surface area contributed by atoms with Gasteiger partial charge in [-0.1, -0.05) is 12.5 Å². The summed E-state index contributed by atoms with van der Waals surface area (Å²) in [6.07, 6.45) is 5.21. The SMILES string of the molecule is NC(=O)c1cccc2[nH]c([C@H]3CCN(C4CCC4)C3)nc12. The summed E-state index contributed by atoms with van der Waals surface area (Å²) in [5, 5.41) is 0. The molecule has 1 aliphatic carbocycles. The number of carbonyl (C=O) groups excluding carboxylic acids is 1. The van der Waals surface area contributed by atoms with Crippen molar-refractivity contribution in [2.45, 2.75) is 37.6 Å². The topological polar surface area (TPSA) is 75.0 Å². The predicted octanol–water partition coefficient (Wildman–Crippen LogP) is 2.00. The van der Waals surface area contributed by atoms with Gasteiger partial charge >= 0.3 is 0 Å². The van der Waals surface area contributed by atoms with Crippen molar-refractivity contribution in [2.24, 2.45) is 5.73 Å². The average Bonchev–Trinajstić information content (AvgIpc) is 3.01. The fourth-order valence-electron chi connectivity index (χ4n) is 3.54. The van der Waals surface area contributed by atoms with Crippen LogP contribution in [0.25, 0.3) is 11.0 Å².